The first-order valence-electron chi connectivity index (χ1n) is 5.69. The van der Waals surface area contributed by atoms with Crippen LogP contribution in [0.4, 0.5) is 5.69 Å². The van der Waals surface area contributed by atoms with E-state index >= 15 is 0 Å². The number of benzene rings is 1. The van der Waals surface area contributed by atoms with E-state index in [0.717, 1.165) is 6.42 Å². The van der Waals surface area contributed by atoms with Crippen molar-refractivity contribution in [2.24, 2.45) is 0 Å². The first kappa shape index (κ1) is 15.1. The fourth-order valence-corrected chi connectivity index (χ4v) is 4.76. The van der Waals surface area contributed by atoms with E-state index < -0.39 is 15.6 Å². The summed E-state index contributed by atoms with van der Waals surface area (Å²) in [6.07, 6.45) is 2.13. The minimum atomic E-state index is -3.79. The standard InChI is InChI=1S/C11H14BrClN2O3S/c12-10-8(14)4-7(13)5-9(10)19(17,18)15-11(6-16)2-1-3-11/h4-5,15-16H,1-3,6,14H2. The molecule has 0 atom stereocenters. The van der Waals surface area contributed by atoms with Gasteiger partial charge in [0.05, 0.1) is 21.5 Å². The molecule has 0 bridgehead atoms. The second-order valence-corrected chi connectivity index (χ2v) is 7.58. The minimum absolute atomic E-state index is 0.0165. The molecule has 0 aliphatic heterocycles. The molecular formula is C11H14BrClN2O3S. The Morgan fingerprint density at radius 1 is 1.47 bits per heavy atom. The molecule has 19 heavy (non-hydrogen) atoms. The second-order valence-electron chi connectivity index (χ2n) is 4.70. The second kappa shape index (κ2) is 5.21. The van der Waals surface area contributed by atoms with Gasteiger partial charge in [-0.15, -0.1) is 0 Å². The number of sulfonamides is 1. The van der Waals surface area contributed by atoms with E-state index in [9.17, 15) is 13.5 Å². The number of nitrogens with two attached hydrogens (primary N) is 1. The Morgan fingerprint density at radius 2 is 2.11 bits per heavy atom. The van der Waals surface area contributed by atoms with E-state index in [1.165, 1.54) is 12.1 Å². The van der Waals surface area contributed by atoms with Gasteiger partial charge in [0.15, 0.2) is 0 Å². The lowest BCUT2D eigenvalue weighted by atomic mass is 9.78. The maximum Gasteiger partial charge on any atom is 0.242 e. The lowest BCUT2D eigenvalue weighted by Crippen LogP contribution is -2.56. The van der Waals surface area contributed by atoms with Crippen LogP contribution >= 0.6 is 27.5 Å². The summed E-state index contributed by atoms with van der Waals surface area (Å²) < 4.78 is 27.5. The number of hydrogen-bond donors (Lipinski definition) is 3. The number of aliphatic hydroxyl groups excluding tert-OH is 1. The third kappa shape index (κ3) is 2.90. The van der Waals surface area contributed by atoms with E-state index in [2.05, 4.69) is 20.7 Å². The summed E-state index contributed by atoms with van der Waals surface area (Å²) in [5, 5.41) is 9.58. The van der Waals surface area contributed by atoms with E-state index in [4.69, 9.17) is 17.3 Å². The van der Waals surface area contributed by atoms with Crippen LogP contribution in [0.15, 0.2) is 21.5 Å². The van der Waals surface area contributed by atoms with Gasteiger partial charge in [-0.05, 0) is 47.3 Å². The Balaban J connectivity index is 2.40. The smallest absolute Gasteiger partial charge is 0.242 e. The molecule has 1 fully saturated rings. The Bertz CT molecular complexity index is 597. The molecule has 1 aliphatic rings. The first-order valence-corrected chi connectivity index (χ1v) is 8.34. The van der Waals surface area contributed by atoms with E-state index in [-0.39, 0.29) is 26.7 Å². The van der Waals surface area contributed by atoms with E-state index in [1.807, 2.05) is 0 Å². The van der Waals surface area contributed by atoms with Crippen LogP contribution in [-0.4, -0.2) is 25.7 Å². The zero-order chi connectivity index (χ0) is 14.3. The van der Waals surface area contributed by atoms with Crippen molar-refractivity contribution in [2.45, 2.75) is 29.7 Å². The molecule has 0 aromatic heterocycles. The zero-order valence-corrected chi connectivity index (χ0v) is 13.1. The summed E-state index contributed by atoms with van der Waals surface area (Å²) in [5.41, 5.74) is 5.18. The number of halogens is 2. The van der Waals surface area contributed by atoms with Gasteiger partial charge in [-0.2, -0.15) is 0 Å². The highest BCUT2D eigenvalue weighted by molar-refractivity contribution is 9.10. The predicted molar refractivity (Wildman–Crippen MR) is 77.6 cm³/mol. The molecule has 106 valence electrons. The highest BCUT2D eigenvalue weighted by Crippen LogP contribution is 2.36. The average Bonchev–Trinajstić information content (AvgIpc) is 2.28. The molecule has 0 amide bonds. The van der Waals surface area contributed by atoms with Crippen molar-refractivity contribution < 1.29 is 13.5 Å². The number of hydrogen-bond acceptors (Lipinski definition) is 4. The molecule has 0 radical (unpaired) electrons. The molecule has 5 nitrogen and oxygen atoms in total. The van der Waals surface area contributed by atoms with Crippen molar-refractivity contribution in [3.05, 3.63) is 21.6 Å². The maximum absolute atomic E-state index is 12.4. The highest BCUT2D eigenvalue weighted by atomic mass is 79.9. The molecule has 0 heterocycles. The molecule has 2 rings (SSSR count). The number of aliphatic hydroxyl groups is 1. The van der Waals surface area contributed by atoms with Gasteiger partial charge in [-0.1, -0.05) is 11.6 Å². The van der Waals surface area contributed by atoms with Crippen molar-refractivity contribution in [1.29, 1.82) is 0 Å². The summed E-state index contributed by atoms with van der Waals surface area (Å²) in [6, 6.07) is 2.80. The molecular weight excluding hydrogens is 356 g/mol. The largest absolute Gasteiger partial charge is 0.398 e. The fourth-order valence-electron chi connectivity index (χ4n) is 2.02. The van der Waals surface area contributed by atoms with Gasteiger partial charge in [0.1, 0.15) is 0 Å². The Hall–Kier alpha value is -0.340. The average molecular weight is 370 g/mol. The molecule has 1 aromatic carbocycles. The summed E-state index contributed by atoms with van der Waals surface area (Å²) in [4.78, 5) is -0.0165. The van der Waals surface area contributed by atoms with Gasteiger partial charge < -0.3 is 10.8 Å². The van der Waals surface area contributed by atoms with Gasteiger partial charge in [0.2, 0.25) is 10.0 Å². The maximum atomic E-state index is 12.4. The van der Waals surface area contributed by atoms with E-state index in [1.54, 1.807) is 0 Å². The first-order chi connectivity index (χ1) is 8.80. The van der Waals surface area contributed by atoms with Crippen molar-refractivity contribution in [3.63, 3.8) is 0 Å². The van der Waals surface area contributed by atoms with Crippen LogP contribution in [-0.2, 0) is 10.0 Å². The molecule has 1 aliphatic carbocycles. The van der Waals surface area contributed by atoms with Crippen LogP contribution in [0, 0.1) is 0 Å². The molecule has 0 saturated heterocycles. The fraction of sp³-hybridized carbons (Fsp3) is 0.455. The minimum Gasteiger partial charge on any atom is -0.398 e. The molecule has 8 heteroatoms. The van der Waals surface area contributed by atoms with Gasteiger partial charge in [0.25, 0.3) is 0 Å². The lowest BCUT2D eigenvalue weighted by molar-refractivity contribution is 0.110. The van der Waals surface area contributed by atoms with Crippen molar-refractivity contribution in [1.82, 2.24) is 4.72 Å². The summed E-state index contributed by atoms with van der Waals surface area (Å²) in [7, 11) is -3.79. The van der Waals surface area contributed by atoms with Gasteiger partial charge in [0, 0.05) is 10.7 Å². The predicted octanol–water partition coefficient (Wildman–Crippen LogP) is 1.88. The van der Waals surface area contributed by atoms with Crippen LogP contribution in [0.25, 0.3) is 0 Å². The van der Waals surface area contributed by atoms with Crippen LogP contribution in [0.5, 0.6) is 0 Å². The summed E-state index contributed by atoms with van der Waals surface area (Å²) in [5.74, 6) is 0. The third-order valence-electron chi connectivity index (χ3n) is 3.29. The number of nitrogen functional groups attached to an aromatic ring is 1. The van der Waals surface area contributed by atoms with Crippen LogP contribution in [0.1, 0.15) is 19.3 Å². The van der Waals surface area contributed by atoms with Crippen molar-refractivity contribution in [2.75, 3.05) is 12.3 Å². The van der Waals surface area contributed by atoms with E-state index in [0.29, 0.717) is 12.8 Å². The molecule has 0 spiro atoms. The van der Waals surface area contributed by atoms with Crippen molar-refractivity contribution in [3.8, 4) is 0 Å². The Morgan fingerprint density at radius 3 is 2.58 bits per heavy atom. The Kier molecular flexibility index (Phi) is 4.13. The summed E-state index contributed by atoms with van der Waals surface area (Å²) in [6.45, 7) is -0.222. The normalized spacial score (nSPS) is 18.1. The van der Waals surface area contributed by atoms with Gasteiger partial charge in [-0.3, -0.25) is 0 Å². The Labute approximate surface area is 125 Å². The summed E-state index contributed by atoms with van der Waals surface area (Å²) >= 11 is 8.99. The van der Waals surface area contributed by atoms with Crippen molar-refractivity contribution >= 4 is 43.2 Å². The SMILES string of the molecule is Nc1cc(Cl)cc(S(=O)(=O)NC2(CO)CCC2)c1Br. The quantitative estimate of drug-likeness (QED) is 0.707. The topological polar surface area (TPSA) is 92.4 Å². The highest BCUT2D eigenvalue weighted by Gasteiger charge is 2.40. The number of rotatable bonds is 4. The van der Waals surface area contributed by atoms with Gasteiger partial charge in [-0.25, -0.2) is 13.1 Å². The van der Waals surface area contributed by atoms with Gasteiger partial charge >= 0.3 is 0 Å². The monoisotopic (exact) mass is 368 g/mol. The number of nitrogens with one attached hydrogen (secondary N) is 1. The molecule has 1 aromatic rings. The van der Waals surface area contributed by atoms with Crippen LogP contribution in [0.3, 0.4) is 0 Å². The van der Waals surface area contributed by atoms with Crippen LogP contribution < -0.4 is 10.5 Å². The molecule has 4 N–H and O–H groups in total. The third-order valence-corrected chi connectivity index (χ3v) is 6.25. The lowest BCUT2D eigenvalue weighted by Gasteiger charge is -2.40. The molecule has 0 unspecified atom stereocenters. The van der Waals surface area contributed by atoms with Crippen LogP contribution in [0.2, 0.25) is 5.02 Å². The zero-order valence-electron chi connectivity index (χ0n) is 9.99. The number of anilines is 1. The molecule has 1 saturated carbocycles.